The maximum atomic E-state index is 4.76. The molecule has 2 heterocycles. The minimum Gasteiger partial charge on any atom is -0.354 e. The number of aromatic amines is 1. The number of H-pyrrole nitrogens is 1. The smallest absolute Gasteiger partial charge is 0.225 e. The van der Waals surface area contributed by atoms with E-state index in [0.717, 1.165) is 35.0 Å². The summed E-state index contributed by atoms with van der Waals surface area (Å²) < 4.78 is 0. The van der Waals surface area contributed by atoms with Crippen LogP contribution in [0.15, 0.2) is 30.3 Å². The largest absolute Gasteiger partial charge is 0.354 e. The van der Waals surface area contributed by atoms with Crippen molar-refractivity contribution in [3.05, 3.63) is 36.0 Å². The van der Waals surface area contributed by atoms with Gasteiger partial charge in [-0.1, -0.05) is 44.2 Å². The van der Waals surface area contributed by atoms with Crippen LogP contribution in [0, 0.1) is 5.92 Å². The van der Waals surface area contributed by atoms with Gasteiger partial charge in [-0.25, -0.2) is 4.98 Å². The second-order valence-corrected chi connectivity index (χ2v) is 8.24. The van der Waals surface area contributed by atoms with Gasteiger partial charge >= 0.3 is 0 Å². The minimum absolute atomic E-state index is 0.655. The number of hydrogen-bond donors (Lipinski definition) is 3. The van der Waals surface area contributed by atoms with Gasteiger partial charge in [-0.05, 0) is 37.3 Å². The number of aromatic nitrogens is 4. The molecule has 6 nitrogen and oxygen atoms in total. The first kappa shape index (κ1) is 17.5. The average Bonchev–Trinajstić information content (AvgIpc) is 3.48. The predicted molar refractivity (Wildman–Crippen MR) is 113 cm³/mol. The molecule has 0 unspecified atom stereocenters. The fourth-order valence-electron chi connectivity index (χ4n) is 4.24. The first-order chi connectivity index (χ1) is 13.8. The quantitative estimate of drug-likeness (QED) is 0.517. The van der Waals surface area contributed by atoms with E-state index in [9.17, 15) is 0 Å². The Morgan fingerprint density at radius 1 is 1.00 bits per heavy atom. The zero-order valence-electron chi connectivity index (χ0n) is 16.2. The van der Waals surface area contributed by atoms with Crippen LogP contribution in [0.3, 0.4) is 0 Å². The third kappa shape index (κ3) is 3.96. The van der Waals surface area contributed by atoms with Crippen LogP contribution in [0.25, 0.3) is 10.9 Å². The van der Waals surface area contributed by atoms with E-state index >= 15 is 0 Å². The molecule has 2 aliphatic carbocycles. The van der Waals surface area contributed by atoms with Crippen LogP contribution in [-0.2, 0) is 0 Å². The van der Waals surface area contributed by atoms with Gasteiger partial charge in [0, 0.05) is 29.6 Å². The molecule has 2 saturated carbocycles. The van der Waals surface area contributed by atoms with Crippen LogP contribution < -0.4 is 10.6 Å². The van der Waals surface area contributed by atoms with Crippen LogP contribution in [-0.4, -0.2) is 26.7 Å². The molecule has 1 aromatic carbocycles. The van der Waals surface area contributed by atoms with E-state index in [-0.39, 0.29) is 0 Å². The Morgan fingerprint density at radius 2 is 1.86 bits per heavy atom. The zero-order valence-corrected chi connectivity index (χ0v) is 16.2. The molecule has 5 rings (SSSR count). The van der Waals surface area contributed by atoms with E-state index in [4.69, 9.17) is 9.97 Å². The first-order valence-electron chi connectivity index (χ1n) is 10.7. The van der Waals surface area contributed by atoms with E-state index in [0.29, 0.717) is 11.9 Å². The molecule has 6 heteroatoms. The number of anilines is 3. The second kappa shape index (κ2) is 7.78. The molecule has 0 amide bonds. The van der Waals surface area contributed by atoms with Gasteiger partial charge in [0.15, 0.2) is 5.82 Å². The minimum atomic E-state index is 0.655. The predicted octanol–water partition coefficient (Wildman–Crippen LogP) is 5.36. The fourth-order valence-corrected chi connectivity index (χ4v) is 4.24. The van der Waals surface area contributed by atoms with E-state index in [1.54, 1.807) is 0 Å². The van der Waals surface area contributed by atoms with Crippen LogP contribution in [0.4, 0.5) is 17.6 Å². The molecule has 2 fully saturated rings. The van der Waals surface area contributed by atoms with Crippen molar-refractivity contribution in [1.29, 1.82) is 0 Å². The molecule has 0 spiro atoms. The maximum Gasteiger partial charge on any atom is 0.225 e. The Morgan fingerprint density at radius 3 is 2.71 bits per heavy atom. The number of rotatable bonds is 7. The highest BCUT2D eigenvalue weighted by molar-refractivity contribution is 5.91. The van der Waals surface area contributed by atoms with E-state index < -0.39 is 0 Å². The SMILES string of the molecule is c1ccc2c(Nc3cc(C4CC4)[nH]n3)nc(NCCC3CCCCC3)nc2c1. The van der Waals surface area contributed by atoms with Crippen molar-refractivity contribution in [3.8, 4) is 0 Å². The standard InChI is InChI=1S/C22H28N6/c1-2-6-15(7-3-1)12-13-23-22-24-18-9-5-4-8-17(18)21(26-22)25-20-14-19(27-28-20)16-10-11-16/h4-5,8-9,14-16H,1-3,6-7,10-13H2,(H3,23,24,25,26,27,28). The summed E-state index contributed by atoms with van der Waals surface area (Å²) >= 11 is 0. The van der Waals surface area contributed by atoms with E-state index in [2.05, 4.69) is 33.0 Å². The van der Waals surface area contributed by atoms with E-state index in [1.165, 1.54) is 57.1 Å². The van der Waals surface area contributed by atoms with Gasteiger partial charge in [0.1, 0.15) is 5.82 Å². The van der Waals surface area contributed by atoms with Crippen molar-refractivity contribution in [3.63, 3.8) is 0 Å². The van der Waals surface area contributed by atoms with Crippen LogP contribution >= 0.6 is 0 Å². The Balaban J connectivity index is 1.32. The van der Waals surface area contributed by atoms with Gasteiger partial charge in [0.2, 0.25) is 5.95 Å². The summed E-state index contributed by atoms with van der Waals surface area (Å²) in [5.41, 5.74) is 2.16. The number of nitrogens with zero attached hydrogens (tertiary/aromatic N) is 3. The lowest BCUT2D eigenvalue weighted by atomic mass is 9.87. The average molecular weight is 377 g/mol. The Kier molecular flexibility index (Phi) is 4.85. The Hall–Kier alpha value is -2.63. The van der Waals surface area contributed by atoms with Crippen molar-refractivity contribution in [2.75, 3.05) is 17.2 Å². The molecule has 0 radical (unpaired) electrons. The molecule has 0 aliphatic heterocycles. The van der Waals surface area contributed by atoms with Crippen molar-refractivity contribution in [2.45, 2.75) is 57.3 Å². The number of fused-ring (bicyclic) bond motifs is 1. The third-order valence-corrected chi connectivity index (χ3v) is 6.02. The summed E-state index contributed by atoms with van der Waals surface area (Å²) in [6, 6.07) is 10.2. The molecule has 28 heavy (non-hydrogen) atoms. The fraction of sp³-hybridized carbons (Fsp3) is 0.500. The Bertz CT molecular complexity index is 939. The van der Waals surface area contributed by atoms with Gasteiger partial charge in [-0.15, -0.1) is 0 Å². The van der Waals surface area contributed by atoms with E-state index in [1.807, 2.05) is 18.2 Å². The number of benzene rings is 1. The third-order valence-electron chi connectivity index (χ3n) is 6.02. The molecule has 146 valence electrons. The van der Waals surface area contributed by atoms with Crippen molar-refractivity contribution < 1.29 is 0 Å². The first-order valence-corrected chi connectivity index (χ1v) is 10.7. The van der Waals surface area contributed by atoms with Gasteiger partial charge in [0.05, 0.1) is 5.52 Å². The molecule has 0 bridgehead atoms. The molecule has 3 aromatic rings. The van der Waals surface area contributed by atoms with Crippen molar-refractivity contribution in [2.24, 2.45) is 5.92 Å². The van der Waals surface area contributed by atoms with Crippen LogP contribution in [0.5, 0.6) is 0 Å². The summed E-state index contributed by atoms with van der Waals surface area (Å²) in [6.07, 6.45) is 10.6. The summed E-state index contributed by atoms with van der Waals surface area (Å²) in [4.78, 5) is 9.47. The van der Waals surface area contributed by atoms with Crippen LogP contribution in [0.2, 0.25) is 0 Å². The lowest BCUT2D eigenvalue weighted by molar-refractivity contribution is 0.345. The second-order valence-electron chi connectivity index (χ2n) is 8.24. The topological polar surface area (TPSA) is 78.5 Å². The highest BCUT2D eigenvalue weighted by Crippen LogP contribution is 2.39. The lowest BCUT2D eigenvalue weighted by Crippen LogP contribution is -2.13. The summed E-state index contributed by atoms with van der Waals surface area (Å²) in [5.74, 6) is 3.82. The van der Waals surface area contributed by atoms with Crippen molar-refractivity contribution in [1.82, 2.24) is 20.2 Å². The van der Waals surface area contributed by atoms with Crippen molar-refractivity contribution >= 4 is 28.5 Å². The lowest BCUT2D eigenvalue weighted by Gasteiger charge is -2.21. The van der Waals surface area contributed by atoms with Gasteiger partial charge < -0.3 is 10.6 Å². The molecule has 2 aliphatic rings. The van der Waals surface area contributed by atoms with Crippen LogP contribution in [0.1, 0.15) is 63.0 Å². The highest BCUT2D eigenvalue weighted by Gasteiger charge is 2.25. The zero-order chi connectivity index (χ0) is 18.8. The van der Waals surface area contributed by atoms with Gasteiger partial charge in [-0.3, -0.25) is 5.10 Å². The summed E-state index contributed by atoms with van der Waals surface area (Å²) in [5, 5.41) is 15.4. The molecule has 3 N–H and O–H groups in total. The maximum absolute atomic E-state index is 4.76. The monoisotopic (exact) mass is 376 g/mol. The molecular formula is C22H28N6. The number of hydrogen-bond acceptors (Lipinski definition) is 5. The van der Waals surface area contributed by atoms with Gasteiger partial charge in [-0.2, -0.15) is 10.1 Å². The molecule has 0 atom stereocenters. The molecule has 2 aromatic heterocycles. The molecule has 0 saturated heterocycles. The highest BCUT2D eigenvalue weighted by atomic mass is 15.2. The summed E-state index contributed by atoms with van der Waals surface area (Å²) in [7, 11) is 0. The summed E-state index contributed by atoms with van der Waals surface area (Å²) in [6.45, 7) is 0.927. The Labute approximate surface area is 165 Å². The normalized spacial score (nSPS) is 17.7. The number of para-hydroxylation sites is 1. The molecular weight excluding hydrogens is 348 g/mol. The van der Waals surface area contributed by atoms with Gasteiger partial charge in [0.25, 0.3) is 0 Å². The number of nitrogens with one attached hydrogen (secondary N) is 3.